The number of carbonyl (C=O) groups excluding carboxylic acids is 1. The lowest BCUT2D eigenvalue weighted by molar-refractivity contribution is 0.0533. The second-order valence-electron chi connectivity index (χ2n) is 7.52. The van der Waals surface area contributed by atoms with Crippen molar-refractivity contribution < 1.29 is 9.53 Å². The van der Waals surface area contributed by atoms with E-state index in [1.165, 1.54) is 67.2 Å². The molecule has 31 heavy (non-hydrogen) atoms. The van der Waals surface area contributed by atoms with Gasteiger partial charge in [-0.1, -0.05) is 69.0 Å². The monoisotopic (exact) mass is 457 g/mol. The second kappa shape index (κ2) is 11.5. The van der Waals surface area contributed by atoms with Crippen molar-refractivity contribution in [3.63, 3.8) is 0 Å². The molecule has 0 spiro atoms. The summed E-state index contributed by atoms with van der Waals surface area (Å²) in [6.45, 7) is 4.34. The predicted octanol–water partition coefficient (Wildman–Crippen LogP) is 6.74. The highest BCUT2D eigenvalue weighted by Crippen LogP contribution is 2.39. The van der Waals surface area contributed by atoms with E-state index in [-0.39, 0.29) is 0 Å². The van der Waals surface area contributed by atoms with E-state index in [0.717, 1.165) is 27.9 Å². The molecule has 0 saturated heterocycles. The summed E-state index contributed by atoms with van der Waals surface area (Å²) in [4.78, 5) is 22.8. The molecule has 2 heterocycles. The van der Waals surface area contributed by atoms with Crippen molar-refractivity contribution in [2.75, 3.05) is 18.6 Å². The number of aromatic nitrogens is 2. The first-order valence-corrected chi connectivity index (χ1v) is 13.0. The molecule has 0 fully saturated rings. The van der Waals surface area contributed by atoms with Crippen LogP contribution in [0.15, 0.2) is 29.4 Å². The Morgan fingerprint density at radius 3 is 2.65 bits per heavy atom. The number of aryl methyl sites for hydroxylation is 1. The van der Waals surface area contributed by atoms with Crippen LogP contribution in [0.3, 0.4) is 0 Å². The molecule has 3 aromatic rings. The second-order valence-corrected chi connectivity index (χ2v) is 9.30. The van der Waals surface area contributed by atoms with Gasteiger partial charge >= 0.3 is 5.97 Å². The van der Waals surface area contributed by atoms with Gasteiger partial charge in [0.25, 0.3) is 0 Å². The number of rotatable bonds is 11. The van der Waals surface area contributed by atoms with Gasteiger partial charge < -0.3 is 10.5 Å². The maximum atomic E-state index is 12.4. The Kier molecular flexibility index (Phi) is 8.72. The number of nitrogens with zero attached hydrogens (tertiary/aromatic N) is 2. The molecule has 1 aromatic carbocycles. The number of nitrogen functional groups attached to an aromatic ring is 1. The van der Waals surface area contributed by atoms with Crippen LogP contribution in [0.5, 0.6) is 0 Å². The number of thiophene rings is 1. The Hall–Kier alpha value is -2.12. The van der Waals surface area contributed by atoms with Gasteiger partial charge in [0.15, 0.2) is 5.16 Å². The predicted molar refractivity (Wildman–Crippen MR) is 132 cm³/mol. The number of anilines is 1. The standard InChI is InChI=1S/C24H31N3O2S2/c1-4-6-7-8-9-10-12-16-13-11-14-17(15-16)20-18-19(25)21(23(28)29-5-2)31-22(18)27-24(26-20)30-3/h11,13-15H,4-10,12,25H2,1-3H3. The van der Waals surface area contributed by atoms with Crippen LogP contribution in [0.25, 0.3) is 21.5 Å². The maximum Gasteiger partial charge on any atom is 0.350 e. The first kappa shape index (κ1) is 23.5. The SMILES string of the molecule is CCCCCCCCc1cccc(-c2nc(SC)nc3sc(C(=O)OCC)c(N)c23)c1. The summed E-state index contributed by atoms with van der Waals surface area (Å²) in [6.07, 6.45) is 10.7. The average molecular weight is 458 g/mol. The number of ether oxygens (including phenoxy) is 1. The zero-order valence-corrected chi connectivity index (χ0v) is 20.2. The van der Waals surface area contributed by atoms with Crippen LogP contribution in [0, 0.1) is 0 Å². The maximum absolute atomic E-state index is 12.4. The highest BCUT2D eigenvalue weighted by atomic mass is 32.2. The van der Waals surface area contributed by atoms with Crippen LogP contribution < -0.4 is 5.73 Å². The first-order chi connectivity index (χ1) is 15.1. The quantitative estimate of drug-likeness (QED) is 0.149. The van der Waals surface area contributed by atoms with Crippen molar-refractivity contribution in [2.24, 2.45) is 0 Å². The van der Waals surface area contributed by atoms with Crippen LogP contribution in [0.4, 0.5) is 5.69 Å². The highest BCUT2D eigenvalue weighted by molar-refractivity contribution is 7.98. The van der Waals surface area contributed by atoms with E-state index < -0.39 is 5.97 Å². The molecule has 0 bridgehead atoms. The summed E-state index contributed by atoms with van der Waals surface area (Å²) >= 11 is 2.75. The van der Waals surface area contributed by atoms with Crippen LogP contribution in [0.2, 0.25) is 0 Å². The molecular weight excluding hydrogens is 426 g/mol. The van der Waals surface area contributed by atoms with Crippen LogP contribution in [0.1, 0.15) is 67.6 Å². The van der Waals surface area contributed by atoms with Crippen molar-refractivity contribution in [1.29, 1.82) is 0 Å². The molecule has 2 N–H and O–H groups in total. The normalized spacial score (nSPS) is 11.2. The van der Waals surface area contributed by atoms with Gasteiger partial charge in [-0.15, -0.1) is 11.3 Å². The van der Waals surface area contributed by atoms with E-state index in [1.54, 1.807) is 6.92 Å². The lowest BCUT2D eigenvalue weighted by Gasteiger charge is -2.09. The first-order valence-electron chi connectivity index (χ1n) is 11.0. The summed E-state index contributed by atoms with van der Waals surface area (Å²) in [6, 6.07) is 8.49. The minimum absolute atomic E-state index is 0.307. The smallest absolute Gasteiger partial charge is 0.350 e. The average Bonchev–Trinajstić information content (AvgIpc) is 3.12. The minimum atomic E-state index is -0.406. The van der Waals surface area contributed by atoms with Crippen LogP contribution in [-0.4, -0.2) is 28.8 Å². The summed E-state index contributed by atoms with van der Waals surface area (Å²) in [5.74, 6) is -0.406. The molecule has 0 unspecified atom stereocenters. The third kappa shape index (κ3) is 5.77. The molecular formula is C24H31N3O2S2. The topological polar surface area (TPSA) is 78.1 Å². The van der Waals surface area contributed by atoms with Gasteiger partial charge in [0, 0.05) is 5.56 Å². The van der Waals surface area contributed by atoms with E-state index in [4.69, 9.17) is 15.5 Å². The number of hydrogen-bond donors (Lipinski definition) is 1. The molecule has 3 rings (SSSR count). The van der Waals surface area contributed by atoms with Crippen molar-refractivity contribution >= 4 is 45.0 Å². The number of hydrogen-bond acceptors (Lipinski definition) is 7. The zero-order chi connectivity index (χ0) is 22.2. The van der Waals surface area contributed by atoms with Crippen molar-refractivity contribution in [1.82, 2.24) is 9.97 Å². The van der Waals surface area contributed by atoms with E-state index in [0.29, 0.717) is 22.3 Å². The highest BCUT2D eigenvalue weighted by Gasteiger charge is 2.23. The molecule has 0 saturated carbocycles. The third-order valence-corrected chi connectivity index (χ3v) is 6.86. The van der Waals surface area contributed by atoms with Crippen LogP contribution >= 0.6 is 23.1 Å². The number of benzene rings is 1. The number of carbonyl (C=O) groups is 1. The fourth-order valence-electron chi connectivity index (χ4n) is 3.63. The summed E-state index contributed by atoms with van der Waals surface area (Å²) in [5, 5.41) is 1.41. The van der Waals surface area contributed by atoms with E-state index in [1.807, 2.05) is 6.26 Å². The molecule has 0 aliphatic heterocycles. The molecule has 166 valence electrons. The van der Waals surface area contributed by atoms with E-state index in [2.05, 4.69) is 36.2 Å². The fraction of sp³-hybridized carbons (Fsp3) is 0.458. The fourth-order valence-corrected chi connectivity index (χ4v) is 5.05. The molecule has 5 nitrogen and oxygen atoms in total. The number of esters is 1. The van der Waals surface area contributed by atoms with Gasteiger partial charge in [-0.05, 0) is 37.7 Å². The molecule has 0 aliphatic carbocycles. The Morgan fingerprint density at radius 2 is 1.90 bits per heavy atom. The van der Waals surface area contributed by atoms with Gasteiger partial charge in [0.2, 0.25) is 0 Å². The van der Waals surface area contributed by atoms with Gasteiger partial charge in [-0.3, -0.25) is 0 Å². The van der Waals surface area contributed by atoms with E-state index >= 15 is 0 Å². The lowest BCUT2D eigenvalue weighted by Crippen LogP contribution is -2.05. The van der Waals surface area contributed by atoms with Crippen molar-refractivity contribution in [3.05, 3.63) is 34.7 Å². The molecule has 2 aromatic heterocycles. The Labute approximate surface area is 192 Å². The van der Waals surface area contributed by atoms with Gasteiger partial charge in [0.1, 0.15) is 9.71 Å². The van der Waals surface area contributed by atoms with Crippen molar-refractivity contribution in [2.45, 2.75) is 63.9 Å². The lowest BCUT2D eigenvalue weighted by atomic mass is 10.0. The number of nitrogens with two attached hydrogens (primary N) is 1. The number of thioether (sulfide) groups is 1. The Bertz CT molecular complexity index is 1030. The largest absolute Gasteiger partial charge is 0.462 e. The molecule has 0 atom stereocenters. The Morgan fingerprint density at radius 1 is 1.13 bits per heavy atom. The Balaban J connectivity index is 1.91. The molecule has 0 aliphatic rings. The molecule has 0 amide bonds. The van der Waals surface area contributed by atoms with Crippen molar-refractivity contribution in [3.8, 4) is 11.3 Å². The van der Waals surface area contributed by atoms with Gasteiger partial charge in [-0.25, -0.2) is 14.8 Å². The summed E-state index contributed by atoms with van der Waals surface area (Å²) in [5.41, 5.74) is 9.89. The van der Waals surface area contributed by atoms with Gasteiger partial charge in [-0.2, -0.15) is 0 Å². The molecule has 7 heteroatoms. The summed E-state index contributed by atoms with van der Waals surface area (Å²) < 4.78 is 5.18. The number of fused-ring (bicyclic) bond motifs is 1. The van der Waals surface area contributed by atoms with E-state index in [9.17, 15) is 4.79 Å². The third-order valence-electron chi connectivity index (χ3n) is 5.23. The van der Waals surface area contributed by atoms with Crippen LogP contribution in [-0.2, 0) is 11.2 Å². The number of unbranched alkanes of at least 4 members (excludes halogenated alkanes) is 5. The summed E-state index contributed by atoms with van der Waals surface area (Å²) in [7, 11) is 0. The molecule has 0 radical (unpaired) electrons. The zero-order valence-electron chi connectivity index (χ0n) is 18.6. The minimum Gasteiger partial charge on any atom is -0.462 e. The van der Waals surface area contributed by atoms with Gasteiger partial charge in [0.05, 0.1) is 23.4 Å².